The number of aliphatic hydroxyl groups excluding tert-OH is 1. The molecule has 3 aromatic carbocycles. The Hall–Kier alpha value is -5.31. The fraction of sp³-hybridized carbons (Fsp3) is 0.303. The number of benzene rings is 3. The highest BCUT2D eigenvalue weighted by atomic mass is 16.7. The number of rotatable bonds is 9. The number of carbonyl (C=O) groups excluding carboxylic acids is 2. The van der Waals surface area contributed by atoms with Gasteiger partial charge < -0.3 is 39.3 Å². The zero-order chi connectivity index (χ0) is 34.2. The summed E-state index contributed by atoms with van der Waals surface area (Å²) in [4.78, 5) is 48.9. The third-order valence-electron chi connectivity index (χ3n) is 8.04. The summed E-state index contributed by atoms with van der Waals surface area (Å²) in [6.07, 6.45) is -6.68. The van der Waals surface area contributed by atoms with E-state index in [1.165, 1.54) is 43.5 Å². The van der Waals surface area contributed by atoms with E-state index in [2.05, 4.69) is 0 Å². The molecular formula is C33H32N2O12. The molecule has 0 unspecified atom stereocenters. The van der Waals surface area contributed by atoms with Crippen LogP contribution >= 0.6 is 0 Å². The molecule has 14 heteroatoms. The van der Waals surface area contributed by atoms with Gasteiger partial charge in [0.2, 0.25) is 6.29 Å². The molecule has 1 fully saturated rings. The maximum atomic E-state index is 13.3. The van der Waals surface area contributed by atoms with E-state index in [4.69, 9.17) is 29.1 Å². The molecule has 1 aliphatic rings. The number of aryl methyl sites for hydroxylation is 1. The topological polar surface area (TPSA) is 211 Å². The maximum absolute atomic E-state index is 13.3. The van der Waals surface area contributed by atoms with E-state index >= 15 is 0 Å². The Bertz CT molecular complexity index is 1940. The molecule has 14 nitrogen and oxygen atoms in total. The lowest BCUT2D eigenvalue weighted by Gasteiger charge is -2.47. The highest BCUT2D eigenvalue weighted by Crippen LogP contribution is 2.38. The monoisotopic (exact) mass is 648 g/mol. The number of ketones is 1. The van der Waals surface area contributed by atoms with Crippen LogP contribution in [0.5, 0.6) is 11.5 Å². The van der Waals surface area contributed by atoms with Crippen molar-refractivity contribution in [1.82, 2.24) is 0 Å². The number of primary amides is 1. The van der Waals surface area contributed by atoms with Gasteiger partial charge in [0.1, 0.15) is 23.2 Å². The van der Waals surface area contributed by atoms with E-state index in [1.807, 2.05) is 0 Å². The standard InChI is InChI=1S/C33H32N2O12/c1-16-24(44-31-26(38)28(46-32(34)40)29(43-4)33(2,3)47-31)13-12-20-25(37)21(30(39)45-27(16)20)15-23(36)18-9-7-8-17(14-18)19-10-5-6-11-22(19)35(41)42/h5-14,26,28-29,31,37-38H,15H2,1-4H3,(H2,34,40)/t26-,28+,29-,31-/m1/s1. The van der Waals surface area contributed by atoms with Crippen LogP contribution in [0, 0.1) is 17.0 Å². The molecule has 5 rings (SSSR count). The molecule has 1 aliphatic heterocycles. The highest BCUT2D eigenvalue weighted by molar-refractivity contribution is 6.00. The SMILES string of the molecule is CO[C@@H]1[C@@H](OC(N)=O)[C@@H](O)[C@H](Oc2ccc3c(O)c(CC(=O)c4cccc(-c5ccccc5[N+](=O)[O-])c4)c(=O)oc3c2C)OC1(C)C. The van der Waals surface area contributed by atoms with Gasteiger partial charge in [-0.2, -0.15) is 0 Å². The Morgan fingerprint density at radius 3 is 2.51 bits per heavy atom. The number of aliphatic hydroxyl groups is 1. The molecule has 47 heavy (non-hydrogen) atoms. The van der Waals surface area contributed by atoms with Gasteiger partial charge in [0.05, 0.1) is 27.0 Å². The summed E-state index contributed by atoms with van der Waals surface area (Å²) in [7, 11) is 1.36. The molecule has 2 heterocycles. The summed E-state index contributed by atoms with van der Waals surface area (Å²) >= 11 is 0. The predicted octanol–water partition coefficient (Wildman–Crippen LogP) is 4.16. The van der Waals surface area contributed by atoms with Gasteiger partial charge in [0, 0.05) is 30.7 Å². The lowest BCUT2D eigenvalue weighted by molar-refractivity contribution is -0.384. The number of nitro groups is 1. The second-order valence-corrected chi connectivity index (χ2v) is 11.5. The van der Waals surface area contributed by atoms with Crippen LogP contribution in [0.15, 0.2) is 69.9 Å². The average Bonchev–Trinajstić information content (AvgIpc) is 3.02. The van der Waals surface area contributed by atoms with E-state index in [1.54, 1.807) is 45.0 Å². The van der Waals surface area contributed by atoms with Crippen molar-refractivity contribution in [2.75, 3.05) is 7.11 Å². The van der Waals surface area contributed by atoms with Crippen LogP contribution in [0.25, 0.3) is 22.1 Å². The first-order valence-electron chi connectivity index (χ1n) is 14.4. The number of nitrogens with two attached hydrogens (primary N) is 1. The van der Waals surface area contributed by atoms with E-state index in [9.17, 15) is 34.7 Å². The van der Waals surface area contributed by atoms with Gasteiger partial charge in [-0.25, -0.2) is 9.59 Å². The third kappa shape index (κ3) is 6.38. The Morgan fingerprint density at radius 2 is 1.83 bits per heavy atom. The van der Waals surface area contributed by atoms with Gasteiger partial charge in [0.15, 0.2) is 18.0 Å². The minimum atomic E-state index is -1.53. The van der Waals surface area contributed by atoms with Crippen molar-refractivity contribution in [2.45, 2.75) is 57.4 Å². The van der Waals surface area contributed by atoms with E-state index < -0.39 is 64.8 Å². The van der Waals surface area contributed by atoms with Gasteiger partial charge in [-0.1, -0.05) is 30.3 Å². The minimum Gasteiger partial charge on any atom is -0.507 e. The Balaban J connectivity index is 1.43. The number of para-hydroxylation sites is 1. The van der Waals surface area contributed by atoms with E-state index in [-0.39, 0.29) is 39.1 Å². The predicted molar refractivity (Wildman–Crippen MR) is 166 cm³/mol. The van der Waals surface area contributed by atoms with Crippen LogP contribution in [0.3, 0.4) is 0 Å². The number of hydrogen-bond donors (Lipinski definition) is 3. The maximum Gasteiger partial charge on any atom is 0.404 e. The zero-order valence-electron chi connectivity index (χ0n) is 25.8. The third-order valence-corrected chi connectivity index (χ3v) is 8.04. The van der Waals surface area contributed by atoms with Crippen LogP contribution in [0.2, 0.25) is 0 Å². The van der Waals surface area contributed by atoms with Gasteiger partial charge in [0.25, 0.3) is 5.69 Å². The Morgan fingerprint density at radius 1 is 1.11 bits per heavy atom. The smallest absolute Gasteiger partial charge is 0.404 e. The summed E-state index contributed by atoms with van der Waals surface area (Å²) in [6, 6.07) is 15.2. The molecule has 1 saturated heterocycles. The molecule has 1 amide bonds. The number of hydrogen-bond acceptors (Lipinski definition) is 12. The first-order valence-corrected chi connectivity index (χ1v) is 14.4. The van der Waals surface area contributed by atoms with Crippen molar-refractivity contribution < 1.29 is 48.1 Å². The molecule has 0 saturated carbocycles. The largest absolute Gasteiger partial charge is 0.507 e. The minimum absolute atomic E-state index is 0.0381. The number of aromatic hydroxyl groups is 1. The number of amides is 1. The molecule has 0 aliphatic carbocycles. The van der Waals surface area contributed by atoms with Crippen LogP contribution in [-0.2, 0) is 20.6 Å². The quantitative estimate of drug-likeness (QED) is 0.101. The molecule has 1 aromatic heterocycles. The fourth-order valence-electron chi connectivity index (χ4n) is 5.76. The molecule has 4 N–H and O–H groups in total. The number of fused-ring (bicyclic) bond motifs is 1. The normalized spacial score (nSPS) is 20.4. The van der Waals surface area contributed by atoms with Gasteiger partial charge in [-0.3, -0.25) is 14.9 Å². The Kier molecular flexibility index (Phi) is 9.02. The number of Topliss-reactive ketones (excluding diaryl/α,β-unsaturated/α-hetero) is 1. The van der Waals surface area contributed by atoms with Crippen LogP contribution in [-0.4, -0.2) is 64.3 Å². The van der Waals surface area contributed by atoms with Crippen LogP contribution in [0.4, 0.5) is 10.5 Å². The number of nitro benzene ring substituents is 1. The number of carbonyl (C=O) groups is 2. The van der Waals surface area contributed by atoms with E-state index in [0.717, 1.165) is 0 Å². The van der Waals surface area contributed by atoms with Crippen molar-refractivity contribution in [3.05, 3.63) is 97.9 Å². The number of nitrogens with zero attached hydrogens (tertiary/aromatic N) is 1. The van der Waals surface area contributed by atoms with Crippen molar-refractivity contribution in [2.24, 2.45) is 5.73 Å². The zero-order valence-corrected chi connectivity index (χ0v) is 25.8. The molecule has 0 radical (unpaired) electrons. The van der Waals surface area contributed by atoms with Crippen molar-refractivity contribution in [1.29, 1.82) is 0 Å². The fourth-order valence-corrected chi connectivity index (χ4v) is 5.76. The first-order chi connectivity index (χ1) is 22.2. The lowest BCUT2D eigenvalue weighted by atomic mass is 9.89. The molecule has 246 valence electrons. The van der Waals surface area contributed by atoms with Crippen molar-refractivity contribution >= 4 is 28.5 Å². The molecule has 4 aromatic rings. The molecule has 0 bridgehead atoms. The van der Waals surface area contributed by atoms with Crippen molar-refractivity contribution in [3.63, 3.8) is 0 Å². The highest BCUT2D eigenvalue weighted by Gasteiger charge is 2.53. The van der Waals surface area contributed by atoms with Crippen LogP contribution in [0.1, 0.15) is 35.3 Å². The summed E-state index contributed by atoms with van der Waals surface area (Å²) in [5.74, 6) is -0.886. The summed E-state index contributed by atoms with van der Waals surface area (Å²) < 4.78 is 28.0. The number of methoxy groups -OCH3 is 1. The molecule has 0 spiro atoms. The van der Waals surface area contributed by atoms with Gasteiger partial charge in [-0.15, -0.1) is 0 Å². The first kappa shape index (κ1) is 33.1. The van der Waals surface area contributed by atoms with Crippen molar-refractivity contribution in [3.8, 4) is 22.6 Å². The molecular weight excluding hydrogens is 616 g/mol. The summed E-state index contributed by atoms with van der Waals surface area (Å²) in [5, 5.41) is 33.7. The second kappa shape index (κ2) is 12.8. The summed E-state index contributed by atoms with van der Waals surface area (Å²) in [5.41, 5.74) is 3.87. The lowest BCUT2D eigenvalue weighted by Crippen LogP contribution is -2.65. The van der Waals surface area contributed by atoms with E-state index in [0.29, 0.717) is 11.1 Å². The van der Waals surface area contributed by atoms with Crippen LogP contribution < -0.4 is 16.1 Å². The number of ether oxygens (including phenoxy) is 4. The van der Waals surface area contributed by atoms with Gasteiger partial charge in [-0.05, 0) is 50.6 Å². The molecule has 4 atom stereocenters. The second-order valence-electron chi connectivity index (χ2n) is 11.5. The average molecular weight is 649 g/mol. The Labute approximate surface area is 267 Å². The summed E-state index contributed by atoms with van der Waals surface area (Å²) in [6.45, 7) is 4.85. The van der Waals surface area contributed by atoms with Gasteiger partial charge >= 0.3 is 11.7 Å².